The fourth-order valence-corrected chi connectivity index (χ4v) is 3.60. The third-order valence-electron chi connectivity index (χ3n) is 5.23. The standard InChI is InChI=1S/C22H28FN5O2.BrH/c23-20-7-4-8-21(26-20)27-9-11-28(12-10-27)22(24-15-18-5-2-1-3-6-18)25-16-19-17-29-13-14-30-19;/h1-8,19H,9-17H2,(H,24,25);1H/t19-;/m1./s1. The number of nitrogens with one attached hydrogen (secondary N) is 1. The number of aromatic nitrogens is 1. The van der Waals surface area contributed by atoms with E-state index in [0.29, 0.717) is 38.7 Å². The van der Waals surface area contributed by atoms with Crippen molar-refractivity contribution in [3.8, 4) is 0 Å². The third-order valence-corrected chi connectivity index (χ3v) is 5.23. The third kappa shape index (κ3) is 6.88. The van der Waals surface area contributed by atoms with Gasteiger partial charge in [0.05, 0.1) is 32.5 Å². The lowest BCUT2D eigenvalue weighted by molar-refractivity contribution is -0.0851. The van der Waals surface area contributed by atoms with Crippen LogP contribution in [0.1, 0.15) is 5.56 Å². The van der Waals surface area contributed by atoms with Gasteiger partial charge in [-0.1, -0.05) is 36.4 Å². The van der Waals surface area contributed by atoms with Gasteiger partial charge in [-0.2, -0.15) is 4.39 Å². The van der Waals surface area contributed by atoms with Crippen molar-refractivity contribution in [3.05, 3.63) is 60.0 Å². The van der Waals surface area contributed by atoms with Crippen LogP contribution < -0.4 is 10.2 Å². The summed E-state index contributed by atoms with van der Waals surface area (Å²) < 4.78 is 24.7. The Balaban J connectivity index is 0.00000272. The van der Waals surface area contributed by atoms with Crippen LogP contribution in [0.4, 0.5) is 10.2 Å². The Morgan fingerprint density at radius 3 is 2.58 bits per heavy atom. The predicted molar refractivity (Wildman–Crippen MR) is 124 cm³/mol. The molecule has 1 aromatic heterocycles. The van der Waals surface area contributed by atoms with Gasteiger partial charge in [0.1, 0.15) is 5.82 Å². The predicted octanol–water partition coefficient (Wildman–Crippen LogP) is 2.48. The zero-order chi connectivity index (χ0) is 20.6. The molecule has 2 saturated heterocycles. The number of pyridine rings is 1. The van der Waals surface area contributed by atoms with Crippen molar-refractivity contribution >= 4 is 28.8 Å². The molecular weight excluding hydrogens is 465 g/mol. The number of ether oxygens (including phenoxy) is 2. The summed E-state index contributed by atoms with van der Waals surface area (Å²) >= 11 is 0. The van der Waals surface area contributed by atoms with Crippen LogP contribution in [-0.2, 0) is 16.0 Å². The first-order valence-electron chi connectivity index (χ1n) is 10.4. The molecule has 1 N–H and O–H groups in total. The van der Waals surface area contributed by atoms with E-state index in [1.165, 1.54) is 6.07 Å². The van der Waals surface area contributed by atoms with Crippen LogP contribution in [0.3, 0.4) is 0 Å². The van der Waals surface area contributed by atoms with Gasteiger partial charge in [-0.3, -0.25) is 0 Å². The second-order valence-electron chi connectivity index (χ2n) is 7.37. The topological polar surface area (TPSA) is 62.2 Å². The molecule has 31 heavy (non-hydrogen) atoms. The molecule has 2 fully saturated rings. The molecule has 0 unspecified atom stereocenters. The van der Waals surface area contributed by atoms with Crippen LogP contribution in [0.5, 0.6) is 0 Å². The van der Waals surface area contributed by atoms with Gasteiger partial charge in [0.2, 0.25) is 5.95 Å². The maximum absolute atomic E-state index is 13.5. The Bertz CT molecular complexity index is 828. The van der Waals surface area contributed by atoms with Crippen molar-refractivity contribution in [2.45, 2.75) is 12.6 Å². The van der Waals surface area contributed by atoms with Gasteiger partial charge < -0.3 is 24.6 Å². The molecule has 1 aromatic carbocycles. The van der Waals surface area contributed by atoms with E-state index in [-0.39, 0.29) is 23.1 Å². The number of nitrogens with zero attached hydrogens (tertiary/aromatic N) is 4. The normalized spacial score (nSPS) is 19.6. The Hall–Kier alpha value is -2.23. The number of guanidine groups is 1. The van der Waals surface area contributed by atoms with Gasteiger partial charge in [-0.25, -0.2) is 9.98 Å². The molecule has 0 spiro atoms. The number of hydrogen-bond acceptors (Lipinski definition) is 5. The van der Waals surface area contributed by atoms with E-state index in [1.54, 1.807) is 6.07 Å². The van der Waals surface area contributed by atoms with E-state index in [4.69, 9.17) is 14.5 Å². The highest BCUT2D eigenvalue weighted by atomic mass is 79.9. The van der Waals surface area contributed by atoms with E-state index >= 15 is 0 Å². The average molecular weight is 494 g/mol. The molecule has 4 rings (SSSR count). The molecule has 168 valence electrons. The lowest BCUT2D eigenvalue weighted by Crippen LogP contribution is -2.54. The Morgan fingerprint density at radius 1 is 1.06 bits per heavy atom. The molecular formula is C22H29BrFN5O2. The first kappa shape index (κ1) is 23.4. The van der Waals surface area contributed by atoms with Crippen molar-refractivity contribution in [2.24, 2.45) is 4.99 Å². The van der Waals surface area contributed by atoms with Gasteiger partial charge in [0, 0.05) is 32.7 Å². The zero-order valence-corrected chi connectivity index (χ0v) is 19.2. The second-order valence-corrected chi connectivity index (χ2v) is 7.37. The van der Waals surface area contributed by atoms with Gasteiger partial charge >= 0.3 is 0 Å². The van der Waals surface area contributed by atoms with Crippen molar-refractivity contribution in [1.29, 1.82) is 0 Å². The molecule has 0 aliphatic carbocycles. The minimum absolute atomic E-state index is 0. The molecule has 2 aromatic rings. The van der Waals surface area contributed by atoms with Gasteiger partial charge in [0.15, 0.2) is 5.96 Å². The average Bonchev–Trinajstić information content (AvgIpc) is 2.81. The Morgan fingerprint density at radius 2 is 1.87 bits per heavy atom. The van der Waals surface area contributed by atoms with Crippen LogP contribution >= 0.6 is 17.0 Å². The van der Waals surface area contributed by atoms with Gasteiger partial charge in [-0.15, -0.1) is 17.0 Å². The molecule has 0 bridgehead atoms. The Labute approximate surface area is 193 Å². The van der Waals surface area contributed by atoms with E-state index in [0.717, 1.165) is 37.7 Å². The summed E-state index contributed by atoms with van der Waals surface area (Å²) in [5.74, 6) is 1.09. The quantitative estimate of drug-likeness (QED) is 0.392. The van der Waals surface area contributed by atoms with E-state index in [2.05, 4.69) is 32.2 Å². The lowest BCUT2D eigenvalue weighted by atomic mass is 10.2. The van der Waals surface area contributed by atoms with Crippen LogP contribution in [0.15, 0.2) is 53.5 Å². The largest absolute Gasteiger partial charge is 0.376 e. The van der Waals surface area contributed by atoms with Crippen molar-refractivity contribution in [3.63, 3.8) is 0 Å². The first-order chi connectivity index (χ1) is 14.8. The van der Waals surface area contributed by atoms with E-state index < -0.39 is 5.95 Å². The lowest BCUT2D eigenvalue weighted by Gasteiger charge is -2.37. The van der Waals surface area contributed by atoms with Crippen molar-refractivity contribution in [2.75, 3.05) is 57.4 Å². The molecule has 2 aliphatic heterocycles. The molecule has 0 amide bonds. The van der Waals surface area contributed by atoms with Gasteiger partial charge in [0.25, 0.3) is 0 Å². The number of anilines is 1. The smallest absolute Gasteiger partial charge is 0.214 e. The van der Waals surface area contributed by atoms with Crippen LogP contribution in [0.2, 0.25) is 0 Å². The zero-order valence-electron chi connectivity index (χ0n) is 17.5. The molecule has 3 heterocycles. The summed E-state index contributed by atoms with van der Waals surface area (Å²) in [5, 5.41) is 3.47. The molecule has 0 saturated carbocycles. The Kier molecular flexibility index (Phi) is 9.05. The molecule has 9 heteroatoms. The summed E-state index contributed by atoms with van der Waals surface area (Å²) in [5.41, 5.74) is 1.16. The fraction of sp³-hybridized carbons (Fsp3) is 0.455. The number of piperazine rings is 1. The number of hydrogen-bond donors (Lipinski definition) is 1. The summed E-state index contributed by atoms with van der Waals surface area (Å²) in [4.78, 5) is 13.2. The minimum atomic E-state index is -0.448. The van der Waals surface area contributed by atoms with Gasteiger partial charge in [-0.05, 0) is 17.7 Å². The van der Waals surface area contributed by atoms with Crippen LogP contribution in [0.25, 0.3) is 0 Å². The second kappa shape index (κ2) is 12.0. The fourth-order valence-electron chi connectivity index (χ4n) is 3.60. The molecule has 7 nitrogen and oxygen atoms in total. The maximum Gasteiger partial charge on any atom is 0.214 e. The van der Waals surface area contributed by atoms with Crippen molar-refractivity contribution < 1.29 is 13.9 Å². The molecule has 0 radical (unpaired) electrons. The highest BCUT2D eigenvalue weighted by Crippen LogP contribution is 2.14. The van der Waals surface area contributed by atoms with E-state index in [1.807, 2.05) is 24.3 Å². The highest BCUT2D eigenvalue weighted by Gasteiger charge is 2.22. The molecule has 1 atom stereocenters. The number of halogens is 2. The monoisotopic (exact) mass is 493 g/mol. The summed E-state index contributed by atoms with van der Waals surface area (Å²) in [6.45, 7) is 6.20. The van der Waals surface area contributed by atoms with Crippen molar-refractivity contribution in [1.82, 2.24) is 15.2 Å². The first-order valence-corrected chi connectivity index (χ1v) is 10.4. The number of benzene rings is 1. The summed E-state index contributed by atoms with van der Waals surface area (Å²) in [7, 11) is 0. The van der Waals surface area contributed by atoms with Crippen LogP contribution in [-0.4, -0.2) is 74.5 Å². The van der Waals surface area contributed by atoms with E-state index in [9.17, 15) is 4.39 Å². The summed E-state index contributed by atoms with van der Waals surface area (Å²) in [6, 6.07) is 15.1. The highest BCUT2D eigenvalue weighted by molar-refractivity contribution is 8.93. The minimum Gasteiger partial charge on any atom is -0.376 e. The molecule has 2 aliphatic rings. The summed E-state index contributed by atoms with van der Waals surface area (Å²) in [6.07, 6.45) is 0.0264. The SMILES string of the molecule is Br.Fc1cccc(N2CCN(C(=NCc3ccccc3)NC[C@@H]3COCCO3)CC2)n1. The van der Waals surface area contributed by atoms with Crippen LogP contribution in [0, 0.1) is 5.95 Å². The maximum atomic E-state index is 13.5. The number of rotatable bonds is 5. The number of aliphatic imine (C=N–C) groups is 1.